The highest BCUT2D eigenvalue weighted by atomic mass is 16.7. The Morgan fingerprint density at radius 3 is 2.36 bits per heavy atom. The van der Waals surface area contributed by atoms with Gasteiger partial charge in [-0.15, -0.1) is 0 Å². The smallest absolute Gasteiger partial charge is 0.328 e. The van der Waals surface area contributed by atoms with E-state index in [1.807, 2.05) is 0 Å². The summed E-state index contributed by atoms with van der Waals surface area (Å²) >= 11 is 0. The van der Waals surface area contributed by atoms with Crippen molar-refractivity contribution in [2.45, 2.75) is 0 Å². The van der Waals surface area contributed by atoms with E-state index in [-0.39, 0.29) is 0 Å². The lowest BCUT2D eigenvalue weighted by atomic mass is 10.5. The summed E-state index contributed by atoms with van der Waals surface area (Å²) in [6, 6.07) is 0. The van der Waals surface area contributed by atoms with Crippen LogP contribution in [0.1, 0.15) is 0 Å². The van der Waals surface area contributed by atoms with E-state index in [2.05, 4.69) is 4.84 Å². The number of hydrogen-bond donors (Lipinski definition) is 1. The Morgan fingerprint density at radius 2 is 2.00 bits per heavy atom. The molecule has 0 radical (unpaired) electrons. The van der Waals surface area contributed by atoms with Crippen LogP contribution in [0.2, 0.25) is 0 Å². The summed E-state index contributed by atoms with van der Waals surface area (Å²) in [4.78, 5) is 25.1. The fourth-order valence-electron chi connectivity index (χ4n) is 0.338. The van der Waals surface area contributed by atoms with E-state index in [9.17, 15) is 9.59 Å². The van der Waals surface area contributed by atoms with Gasteiger partial charge in [-0.05, 0) is 0 Å². The summed E-state index contributed by atoms with van der Waals surface area (Å²) in [5, 5.41) is 9.03. The number of rotatable bonds is 3. The maximum Gasteiger partial charge on any atom is 0.328 e. The van der Waals surface area contributed by atoms with Crippen molar-refractivity contribution in [2.24, 2.45) is 0 Å². The molecule has 0 unspecified atom stereocenters. The van der Waals surface area contributed by atoms with Gasteiger partial charge < -0.3 is 5.11 Å². The summed E-state index contributed by atoms with van der Waals surface area (Å²) in [5.74, 6) is -1.68. The highest BCUT2D eigenvalue weighted by Crippen LogP contribution is 1.85. The molecule has 0 rings (SSSR count). The van der Waals surface area contributed by atoms with Crippen molar-refractivity contribution in [3.63, 3.8) is 0 Å². The molecule has 0 aromatic carbocycles. The molecule has 1 amide bonds. The molecule has 1 N–H and O–H groups in total. The molecule has 0 saturated carbocycles. The van der Waals surface area contributed by atoms with Gasteiger partial charge in [0.25, 0.3) is 5.91 Å². The van der Waals surface area contributed by atoms with Crippen LogP contribution >= 0.6 is 0 Å². The number of nitrogens with zero attached hydrogens (tertiary/aromatic N) is 1. The lowest BCUT2D eigenvalue weighted by molar-refractivity contribution is -0.162. The minimum atomic E-state index is -1.16. The lowest BCUT2D eigenvalue weighted by Gasteiger charge is -2.09. The Morgan fingerprint density at radius 1 is 1.45 bits per heavy atom. The van der Waals surface area contributed by atoms with Crippen molar-refractivity contribution in [3.8, 4) is 0 Å². The highest BCUT2D eigenvalue weighted by molar-refractivity contribution is 5.93. The SMILES string of the molecule is CON(C)C(=O)/C=C/C(=O)O. The Balaban J connectivity index is 3.96. The molecular formula is C6H9NO4. The van der Waals surface area contributed by atoms with Gasteiger partial charge in [-0.3, -0.25) is 9.63 Å². The molecule has 0 heterocycles. The van der Waals surface area contributed by atoms with Gasteiger partial charge in [-0.2, -0.15) is 0 Å². The van der Waals surface area contributed by atoms with Crippen molar-refractivity contribution in [1.82, 2.24) is 5.06 Å². The number of amides is 1. The molecule has 11 heavy (non-hydrogen) atoms. The third-order valence-corrected chi connectivity index (χ3v) is 0.953. The van der Waals surface area contributed by atoms with Crippen LogP contribution in [0.5, 0.6) is 0 Å². The normalized spacial score (nSPS) is 10.0. The topological polar surface area (TPSA) is 66.8 Å². The second kappa shape index (κ2) is 4.45. The average Bonchev–Trinajstić information content (AvgIpc) is 1.98. The first kappa shape index (κ1) is 9.64. The minimum Gasteiger partial charge on any atom is -0.478 e. The predicted octanol–water partition coefficient (Wildman–Crippen LogP) is -0.353. The van der Waals surface area contributed by atoms with E-state index < -0.39 is 11.9 Å². The predicted molar refractivity (Wildman–Crippen MR) is 36.6 cm³/mol. The largest absolute Gasteiger partial charge is 0.478 e. The molecule has 0 bridgehead atoms. The van der Waals surface area contributed by atoms with E-state index in [1.165, 1.54) is 14.2 Å². The van der Waals surface area contributed by atoms with E-state index in [0.29, 0.717) is 0 Å². The molecule has 0 spiro atoms. The van der Waals surface area contributed by atoms with Gasteiger partial charge >= 0.3 is 5.97 Å². The highest BCUT2D eigenvalue weighted by Gasteiger charge is 2.02. The molecular weight excluding hydrogens is 150 g/mol. The maximum absolute atomic E-state index is 10.7. The number of hydrogen-bond acceptors (Lipinski definition) is 3. The fraction of sp³-hybridized carbons (Fsp3) is 0.333. The van der Waals surface area contributed by atoms with E-state index >= 15 is 0 Å². The molecule has 5 heteroatoms. The summed E-state index contributed by atoms with van der Waals surface area (Å²) in [5.41, 5.74) is 0. The molecule has 0 aliphatic carbocycles. The van der Waals surface area contributed by atoms with Crippen molar-refractivity contribution in [2.75, 3.05) is 14.2 Å². The molecule has 0 aromatic heterocycles. The Labute approximate surface area is 63.8 Å². The first-order chi connectivity index (χ1) is 5.07. The summed E-state index contributed by atoms with van der Waals surface area (Å²) < 4.78 is 0. The molecule has 0 fully saturated rings. The van der Waals surface area contributed by atoms with Gasteiger partial charge in [0.15, 0.2) is 0 Å². The van der Waals surface area contributed by atoms with Gasteiger partial charge in [0.05, 0.1) is 7.11 Å². The molecule has 0 aliphatic rings. The van der Waals surface area contributed by atoms with Crippen LogP contribution < -0.4 is 0 Å². The van der Waals surface area contributed by atoms with Crippen molar-refractivity contribution < 1.29 is 19.5 Å². The van der Waals surface area contributed by atoms with Crippen molar-refractivity contribution >= 4 is 11.9 Å². The minimum absolute atomic E-state index is 0.519. The quantitative estimate of drug-likeness (QED) is 0.451. The first-order valence-electron chi connectivity index (χ1n) is 2.80. The third-order valence-electron chi connectivity index (χ3n) is 0.953. The van der Waals surface area contributed by atoms with Crippen LogP contribution in [-0.4, -0.2) is 36.2 Å². The third kappa shape index (κ3) is 4.10. The summed E-state index contributed by atoms with van der Waals surface area (Å²) in [6.07, 6.45) is 1.66. The van der Waals surface area contributed by atoms with Crippen LogP contribution in [0, 0.1) is 0 Å². The maximum atomic E-state index is 10.7. The van der Waals surface area contributed by atoms with Gasteiger partial charge in [-0.1, -0.05) is 0 Å². The number of carboxylic acid groups (broad SMARTS) is 1. The number of carbonyl (C=O) groups excluding carboxylic acids is 1. The zero-order chi connectivity index (χ0) is 8.85. The number of aliphatic carboxylic acids is 1. The standard InChI is InChI=1S/C6H9NO4/c1-7(11-2)5(8)3-4-6(9)10/h3-4H,1-2H3,(H,9,10)/b4-3+. The number of likely N-dealkylation sites (N-methyl/N-ethyl adjacent to an activating group) is 1. The van der Waals surface area contributed by atoms with Gasteiger partial charge in [0.1, 0.15) is 0 Å². The molecule has 0 atom stereocenters. The number of carbonyl (C=O) groups is 2. The monoisotopic (exact) mass is 159 g/mol. The molecule has 0 aromatic rings. The average molecular weight is 159 g/mol. The molecule has 0 aliphatic heterocycles. The van der Waals surface area contributed by atoms with E-state index in [1.54, 1.807) is 0 Å². The van der Waals surface area contributed by atoms with E-state index in [4.69, 9.17) is 5.11 Å². The van der Waals surface area contributed by atoms with Crippen molar-refractivity contribution in [1.29, 1.82) is 0 Å². The Hall–Kier alpha value is -1.36. The number of carboxylic acids is 1. The second-order valence-corrected chi connectivity index (χ2v) is 1.69. The molecule has 62 valence electrons. The van der Waals surface area contributed by atoms with Gasteiger partial charge in [0.2, 0.25) is 0 Å². The Bertz CT molecular complexity index is 187. The van der Waals surface area contributed by atoms with Crippen LogP contribution in [0.3, 0.4) is 0 Å². The zero-order valence-corrected chi connectivity index (χ0v) is 6.27. The molecule has 5 nitrogen and oxygen atoms in total. The van der Waals surface area contributed by atoms with Crippen LogP contribution in [0.25, 0.3) is 0 Å². The lowest BCUT2D eigenvalue weighted by Crippen LogP contribution is -2.23. The molecule has 0 saturated heterocycles. The number of hydroxylamine groups is 2. The summed E-state index contributed by atoms with van der Waals surface area (Å²) in [7, 11) is 2.70. The first-order valence-corrected chi connectivity index (χ1v) is 2.80. The van der Waals surface area contributed by atoms with Crippen LogP contribution in [0.4, 0.5) is 0 Å². The second-order valence-electron chi connectivity index (χ2n) is 1.69. The fourth-order valence-corrected chi connectivity index (χ4v) is 0.338. The van der Waals surface area contributed by atoms with Crippen LogP contribution in [-0.2, 0) is 14.4 Å². The van der Waals surface area contributed by atoms with Gasteiger partial charge in [0, 0.05) is 19.2 Å². The van der Waals surface area contributed by atoms with Crippen LogP contribution in [0.15, 0.2) is 12.2 Å². The van der Waals surface area contributed by atoms with E-state index in [0.717, 1.165) is 17.2 Å². The summed E-state index contributed by atoms with van der Waals surface area (Å²) in [6.45, 7) is 0. The van der Waals surface area contributed by atoms with Crippen molar-refractivity contribution in [3.05, 3.63) is 12.2 Å². The van der Waals surface area contributed by atoms with Gasteiger partial charge in [-0.25, -0.2) is 9.86 Å². The Kier molecular flexibility index (Phi) is 3.90. The zero-order valence-electron chi connectivity index (χ0n) is 6.27.